The number of aliphatic hydroxyl groups excluding tert-OH is 1. The van der Waals surface area contributed by atoms with E-state index in [1.165, 1.54) is 0 Å². The predicted molar refractivity (Wildman–Crippen MR) is 120 cm³/mol. The first kappa shape index (κ1) is 23.9. The first-order chi connectivity index (χ1) is 13.2. The lowest BCUT2D eigenvalue weighted by Crippen LogP contribution is -2.53. The average Bonchev–Trinajstić information content (AvgIpc) is 2.91. The van der Waals surface area contributed by atoms with Gasteiger partial charge in [-0.05, 0) is 50.9 Å². The Bertz CT molecular complexity index is 693. The summed E-state index contributed by atoms with van der Waals surface area (Å²) >= 11 is 0. The molecule has 1 aromatic carbocycles. The van der Waals surface area contributed by atoms with Crippen LogP contribution in [0.4, 0.5) is 4.79 Å². The molecule has 0 aromatic heterocycles. The molecule has 2 rings (SSSR count). The van der Waals surface area contributed by atoms with Crippen molar-refractivity contribution in [3.63, 3.8) is 0 Å². The third-order valence-corrected chi connectivity index (χ3v) is 10.7. The Hall–Kier alpha value is -1.37. The molecule has 1 aromatic rings. The van der Waals surface area contributed by atoms with Crippen LogP contribution in [0.3, 0.4) is 0 Å². The van der Waals surface area contributed by atoms with Gasteiger partial charge in [0.25, 0.3) is 0 Å². The van der Waals surface area contributed by atoms with Crippen molar-refractivity contribution in [2.75, 3.05) is 13.2 Å². The van der Waals surface area contributed by atoms with Gasteiger partial charge in [0, 0.05) is 13.0 Å². The fraction of sp³-hybridized carbons (Fsp3) is 0.696. The molecule has 1 aliphatic heterocycles. The Morgan fingerprint density at radius 2 is 1.76 bits per heavy atom. The molecule has 0 aliphatic carbocycles. The highest BCUT2D eigenvalue weighted by molar-refractivity contribution is 6.74. The fourth-order valence-corrected chi connectivity index (χ4v) is 4.95. The smallest absolute Gasteiger partial charge is 0.410 e. The zero-order valence-electron chi connectivity index (χ0n) is 19.4. The first-order valence-electron chi connectivity index (χ1n) is 10.5. The molecule has 0 spiro atoms. The molecule has 29 heavy (non-hydrogen) atoms. The van der Waals surface area contributed by atoms with Crippen LogP contribution >= 0.6 is 0 Å². The number of aliphatic hydroxyl groups is 1. The number of amides is 1. The number of rotatable bonds is 5. The Kier molecular flexibility index (Phi) is 6.92. The molecule has 1 aliphatic rings. The largest absolute Gasteiger partial charge is 0.444 e. The van der Waals surface area contributed by atoms with E-state index in [4.69, 9.17) is 9.16 Å². The molecule has 0 unspecified atom stereocenters. The topological polar surface area (TPSA) is 59.0 Å². The van der Waals surface area contributed by atoms with Gasteiger partial charge in [-0.25, -0.2) is 4.79 Å². The fourth-order valence-electron chi connectivity index (χ4n) is 3.60. The van der Waals surface area contributed by atoms with Gasteiger partial charge >= 0.3 is 6.09 Å². The summed E-state index contributed by atoms with van der Waals surface area (Å²) in [5.41, 5.74) is -0.233. The maximum absolute atomic E-state index is 13.1. The van der Waals surface area contributed by atoms with Gasteiger partial charge in [0.1, 0.15) is 5.60 Å². The zero-order valence-corrected chi connectivity index (χ0v) is 20.4. The highest BCUT2D eigenvalue weighted by Crippen LogP contribution is 2.42. The van der Waals surface area contributed by atoms with Crippen LogP contribution in [0.1, 0.15) is 53.5 Å². The summed E-state index contributed by atoms with van der Waals surface area (Å²) in [7, 11) is -2.01. The SMILES string of the molecule is CC(C)(C)OC(=O)N1C[C@H](O[Si](C)(C)C(C)(C)C)C[C@]1(CO)Cc1ccccc1. The number of hydrogen-bond acceptors (Lipinski definition) is 4. The van der Waals surface area contributed by atoms with Crippen molar-refractivity contribution >= 4 is 14.4 Å². The molecule has 6 heteroatoms. The summed E-state index contributed by atoms with van der Waals surface area (Å²) < 4.78 is 12.3. The Morgan fingerprint density at radius 1 is 1.17 bits per heavy atom. The molecule has 1 amide bonds. The predicted octanol–water partition coefficient (Wildman–Crippen LogP) is 4.99. The minimum Gasteiger partial charge on any atom is -0.444 e. The molecule has 1 N–H and O–H groups in total. The molecule has 164 valence electrons. The van der Waals surface area contributed by atoms with E-state index in [0.717, 1.165) is 5.56 Å². The lowest BCUT2D eigenvalue weighted by molar-refractivity contribution is -0.00476. The summed E-state index contributed by atoms with van der Waals surface area (Å²) in [6, 6.07) is 10.0. The second-order valence-corrected chi connectivity index (χ2v) is 15.6. The van der Waals surface area contributed by atoms with Gasteiger partial charge < -0.3 is 14.3 Å². The third kappa shape index (κ3) is 5.83. The monoisotopic (exact) mass is 421 g/mol. The molecule has 5 nitrogen and oxygen atoms in total. The van der Waals surface area contributed by atoms with Crippen LogP contribution in [-0.2, 0) is 15.6 Å². The molecular weight excluding hydrogens is 382 g/mol. The van der Waals surface area contributed by atoms with E-state index < -0.39 is 19.5 Å². The summed E-state index contributed by atoms with van der Waals surface area (Å²) in [5, 5.41) is 10.6. The van der Waals surface area contributed by atoms with Gasteiger partial charge in [-0.2, -0.15) is 0 Å². The molecule has 2 atom stereocenters. The van der Waals surface area contributed by atoms with Crippen molar-refractivity contribution in [2.45, 2.75) is 89.8 Å². The third-order valence-electron chi connectivity index (χ3n) is 6.12. The number of carbonyl (C=O) groups excluding carboxylic acids is 1. The van der Waals surface area contributed by atoms with Gasteiger partial charge in [0.2, 0.25) is 0 Å². The summed E-state index contributed by atoms with van der Waals surface area (Å²) in [6.07, 6.45) is 0.675. The average molecular weight is 422 g/mol. The molecule has 1 fully saturated rings. The lowest BCUT2D eigenvalue weighted by Gasteiger charge is -2.38. The number of benzene rings is 1. The van der Waals surface area contributed by atoms with Crippen LogP contribution in [0.15, 0.2) is 30.3 Å². The number of ether oxygens (including phenoxy) is 1. The van der Waals surface area contributed by atoms with Gasteiger partial charge in [0.05, 0.1) is 18.2 Å². The highest BCUT2D eigenvalue weighted by atomic mass is 28.4. The van der Waals surface area contributed by atoms with Crippen LogP contribution in [0, 0.1) is 0 Å². The van der Waals surface area contributed by atoms with Crippen LogP contribution in [0.2, 0.25) is 18.1 Å². The van der Waals surface area contributed by atoms with Crippen molar-refractivity contribution in [3.8, 4) is 0 Å². The van der Waals surface area contributed by atoms with E-state index in [1.54, 1.807) is 4.90 Å². The van der Waals surface area contributed by atoms with E-state index in [2.05, 4.69) is 33.9 Å². The van der Waals surface area contributed by atoms with Gasteiger partial charge in [-0.3, -0.25) is 4.90 Å². The van der Waals surface area contributed by atoms with E-state index in [0.29, 0.717) is 19.4 Å². The van der Waals surface area contributed by atoms with Crippen LogP contribution in [-0.4, -0.2) is 54.8 Å². The van der Waals surface area contributed by atoms with Crippen LogP contribution < -0.4 is 0 Å². The van der Waals surface area contributed by atoms with Crippen molar-refractivity contribution in [2.24, 2.45) is 0 Å². The normalized spacial score (nSPS) is 23.3. The standard InChI is InChI=1S/C23H39NO4Si/c1-21(2,3)27-20(26)24-16-19(28-29(7,8)22(4,5)6)15-23(24,17-25)14-18-12-10-9-11-13-18/h9-13,19,25H,14-17H2,1-8H3/t19-,23+/m1/s1. The number of hydrogen-bond donors (Lipinski definition) is 1. The Morgan fingerprint density at radius 3 is 2.24 bits per heavy atom. The maximum Gasteiger partial charge on any atom is 0.410 e. The van der Waals surface area contributed by atoms with Crippen molar-refractivity contribution in [1.82, 2.24) is 4.90 Å². The maximum atomic E-state index is 13.1. The Labute approximate surface area is 177 Å². The van der Waals surface area contributed by atoms with E-state index in [9.17, 15) is 9.90 Å². The van der Waals surface area contributed by atoms with E-state index in [1.807, 2.05) is 51.1 Å². The summed E-state index contributed by atoms with van der Waals surface area (Å²) in [5.74, 6) is 0. The van der Waals surface area contributed by atoms with Gasteiger partial charge in [-0.1, -0.05) is 51.1 Å². The molecule has 0 radical (unpaired) electrons. The summed E-state index contributed by atoms with van der Waals surface area (Å²) in [4.78, 5) is 14.8. The van der Waals surface area contributed by atoms with Crippen molar-refractivity contribution in [3.05, 3.63) is 35.9 Å². The summed E-state index contributed by atoms with van der Waals surface area (Å²) in [6.45, 7) is 17.0. The van der Waals surface area contributed by atoms with E-state index in [-0.39, 0.29) is 23.8 Å². The number of nitrogens with zero attached hydrogens (tertiary/aromatic N) is 1. The second kappa shape index (κ2) is 8.40. The zero-order chi connectivity index (χ0) is 22.1. The van der Waals surface area contributed by atoms with Crippen molar-refractivity contribution in [1.29, 1.82) is 0 Å². The van der Waals surface area contributed by atoms with Crippen molar-refractivity contribution < 1.29 is 19.1 Å². The van der Waals surface area contributed by atoms with Gasteiger partial charge in [0.15, 0.2) is 8.32 Å². The quantitative estimate of drug-likeness (QED) is 0.680. The molecule has 0 bridgehead atoms. The molecular formula is C23H39NO4Si. The molecule has 1 saturated heterocycles. The first-order valence-corrected chi connectivity index (χ1v) is 13.4. The van der Waals surface area contributed by atoms with Crippen LogP contribution in [0.25, 0.3) is 0 Å². The number of likely N-dealkylation sites (tertiary alicyclic amines) is 1. The van der Waals surface area contributed by atoms with Crippen LogP contribution in [0.5, 0.6) is 0 Å². The van der Waals surface area contributed by atoms with Gasteiger partial charge in [-0.15, -0.1) is 0 Å². The molecule has 1 heterocycles. The molecule has 0 saturated carbocycles. The van der Waals surface area contributed by atoms with E-state index >= 15 is 0 Å². The minimum atomic E-state index is -2.01. The Balaban J connectivity index is 2.34. The lowest BCUT2D eigenvalue weighted by atomic mass is 9.88. The minimum absolute atomic E-state index is 0.0770. The number of carbonyl (C=O) groups is 1. The second-order valence-electron chi connectivity index (χ2n) is 10.8. The highest BCUT2D eigenvalue weighted by Gasteiger charge is 2.51.